The maximum Gasteiger partial charge on any atom is 0.318 e. The predicted molar refractivity (Wildman–Crippen MR) is 98.6 cm³/mol. The zero-order valence-electron chi connectivity index (χ0n) is 15.1. The SMILES string of the molecule is Cc1cc(C)c(CNC(=O)N2CCC[C@@H]2c2ccccc2C)c(=O)[nH]1. The van der Waals surface area contributed by atoms with E-state index in [1.54, 1.807) is 0 Å². The first-order chi connectivity index (χ1) is 12.0. The van der Waals surface area contributed by atoms with Gasteiger partial charge in [-0.05, 0) is 56.4 Å². The minimum atomic E-state index is -0.130. The average molecular weight is 339 g/mol. The summed E-state index contributed by atoms with van der Waals surface area (Å²) in [4.78, 5) is 29.5. The van der Waals surface area contributed by atoms with Gasteiger partial charge in [-0.25, -0.2) is 4.79 Å². The number of hydrogen-bond acceptors (Lipinski definition) is 2. The Morgan fingerprint density at radius 2 is 2.00 bits per heavy atom. The number of aromatic nitrogens is 1. The number of aryl methyl sites for hydroxylation is 3. The molecule has 0 saturated carbocycles. The summed E-state index contributed by atoms with van der Waals surface area (Å²) in [5, 5.41) is 2.93. The first-order valence-corrected chi connectivity index (χ1v) is 8.77. The molecule has 3 rings (SSSR count). The van der Waals surface area contributed by atoms with Crippen LogP contribution in [0.25, 0.3) is 0 Å². The fraction of sp³-hybridized carbons (Fsp3) is 0.400. The van der Waals surface area contributed by atoms with Crippen molar-refractivity contribution in [3.8, 4) is 0 Å². The Hall–Kier alpha value is -2.56. The Kier molecular flexibility index (Phi) is 4.93. The maximum absolute atomic E-state index is 12.7. The minimum absolute atomic E-state index is 0.106. The molecule has 1 aliphatic rings. The molecule has 0 unspecified atom stereocenters. The van der Waals surface area contributed by atoms with Crippen molar-refractivity contribution in [1.82, 2.24) is 15.2 Å². The Morgan fingerprint density at radius 1 is 1.24 bits per heavy atom. The number of amides is 2. The van der Waals surface area contributed by atoms with Crippen LogP contribution in [-0.2, 0) is 6.54 Å². The number of H-pyrrole nitrogens is 1. The third kappa shape index (κ3) is 3.60. The lowest BCUT2D eigenvalue weighted by Crippen LogP contribution is -2.40. The molecular weight excluding hydrogens is 314 g/mol. The molecule has 2 amide bonds. The van der Waals surface area contributed by atoms with Gasteiger partial charge in [0.1, 0.15) is 0 Å². The number of rotatable bonds is 3. The molecule has 1 aromatic carbocycles. The number of urea groups is 1. The van der Waals surface area contributed by atoms with Crippen LogP contribution < -0.4 is 10.9 Å². The molecule has 25 heavy (non-hydrogen) atoms. The molecule has 132 valence electrons. The van der Waals surface area contributed by atoms with Gasteiger partial charge < -0.3 is 15.2 Å². The van der Waals surface area contributed by atoms with Gasteiger partial charge in [0.2, 0.25) is 0 Å². The van der Waals surface area contributed by atoms with E-state index in [2.05, 4.69) is 29.4 Å². The van der Waals surface area contributed by atoms with Crippen molar-refractivity contribution >= 4 is 6.03 Å². The second-order valence-electron chi connectivity index (χ2n) is 6.81. The van der Waals surface area contributed by atoms with Crippen LogP contribution in [0.2, 0.25) is 0 Å². The molecule has 0 radical (unpaired) electrons. The molecule has 1 aromatic heterocycles. The number of carbonyl (C=O) groups excluding carboxylic acids is 1. The van der Waals surface area contributed by atoms with Gasteiger partial charge in [0, 0.05) is 17.8 Å². The van der Waals surface area contributed by atoms with Gasteiger partial charge in [-0.15, -0.1) is 0 Å². The van der Waals surface area contributed by atoms with E-state index in [0.717, 1.165) is 30.6 Å². The molecule has 2 N–H and O–H groups in total. The summed E-state index contributed by atoms with van der Waals surface area (Å²) in [5.74, 6) is 0. The van der Waals surface area contributed by atoms with Crippen LogP contribution in [0.4, 0.5) is 4.79 Å². The number of nitrogens with one attached hydrogen (secondary N) is 2. The zero-order chi connectivity index (χ0) is 18.0. The molecule has 0 spiro atoms. The van der Waals surface area contributed by atoms with E-state index in [1.165, 1.54) is 11.1 Å². The van der Waals surface area contributed by atoms with Crippen molar-refractivity contribution in [2.24, 2.45) is 0 Å². The standard InChI is InChI=1S/C20H25N3O2/c1-13-7-4-5-8-16(13)18-9-6-10-23(18)20(25)21-12-17-14(2)11-15(3)22-19(17)24/h4-5,7-8,11,18H,6,9-10,12H2,1-3H3,(H,21,25)(H,22,24)/t18-/m1/s1. The van der Waals surface area contributed by atoms with Crippen molar-refractivity contribution in [3.05, 3.63) is 68.6 Å². The minimum Gasteiger partial charge on any atom is -0.334 e. The van der Waals surface area contributed by atoms with Crippen LogP contribution in [-0.4, -0.2) is 22.5 Å². The molecule has 1 saturated heterocycles. The molecule has 2 heterocycles. The number of hydrogen-bond donors (Lipinski definition) is 2. The lowest BCUT2D eigenvalue weighted by Gasteiger charge is -2.26. The summed E-state index contributed by atoms with van der Waals surface area (Å²) in [6.45, 7) is 6.83. The van der Waals surface area contributed by atoms with Gasteiger partial charge >= 0.3 is 6.03 Å². The zero-order valence-corrected chi connectivity index (χ0v) is 15.1. The first kappa shape index (κ1) is 17.3. The van der Waals surface area contributed by atoms with Crippen LogP contribution in [0, 0.1) is 20.8 Å². The quantitative estimate of drug-likeness (QED) is 0.901. The lowest BCUT2D eigenvalue weighted by molar-refractivity contribution is 0.192. The van der Waals surface area contributed by atoms with E-state index in [9.17, 15) is 9.59 Å². The smallest absolute Gasteiger partial charge is 0.318 e. The number of pyridine rings is 1. The van der Waals surface area contributed by atoms with Crippen molar-refractivity contribution in [2.45, 2.75) is 46.2 Å². The molecule has 0 aliphatic carbocycles. The summed E-state index contributed by atoms with van der Waals surface area (Å²) in [7, 11) is 0. The van der Waals surface area contributed by atoms with Crippen LogP contribution in [0.3, 0.4) is 0 Å². The Labute approximate surface area is 148 Å². The van der Waals surface area contributed by atoms with Crippen molar-refractivity contribution in [2.75, 3.05) is 6.54 Å². The highest BCUT2D eigenvalue weighted by atomic mass is 16.2. The van der Waals surface area contributed by atoms with E-state index in [-0.39, 0.29) is 24.2 Å². The third-order valence-electron chi connectivity index (χ3n) is 4.97. The largest absolute Gasteiger partial charge is 0.334 e. The van der Waals surface area contributed by atoms with Gasteiger partial charge in [-0.2, -0.15) is 0 Å². The Balaban J connectivity index is 1.73. The van der Waals surface area contributed by atoms with Gasteiger partial charge in [-0.3, -0.25) is 4.79 Å². The van der Waals surface area contributed by atoms with E-state index < -0.39 is 0 Å². The normalized spacial score (nSPS) is 16.9. The molecular formula is C20H25N3O2. The molecule has 0 bridgehead atoms. The molecule has 1 fully saturated rings. The van der Waals surface area contributed by atoms with Gasteiger partial charge in [0.15, 0.2) is 0 Å². The molecule has 2 aromatic rings. The van der Waals surface area contributed by atoms with E-state index >= 15 is 0 Å². The molecule has 5 heteroatoms. The predicted octanol–water partition coefficient (Wildman–Crippen LogP) is 3.35. The van der Waals surface area contributed by atoms with E-state index in [4.69, 9.17) is 0 Å². The first-order valence-electron chi connectivity index (χ1n) is 8.77. The van der Waals surface area contributed by atoms with Crippen molar-refractivity contribution < 1.29 is 4.79 Å². The van der Waals surface area contributed by atoms with Crippen molar-refractivity contribution in [1.29, 1.82) is 0 Å². The Bertz CT molecular complexity index is 841. The molecule has 1 aliphatic heterocycles. The van der Waals surface area contributed by atoms with E-state index in [0.29, 0.717) is 5.56 Å². The van der Waals surface area contributed by atoms with Crippen molar-refractivity contribution in [3.63, 3.8) is 0 Å². The lowest BCUT2D eigenvalue weighted by atomic mass is 9.99. The summed E-state index contributed by atoms with van der Waals surface area (Å²) >= 11 is 0. The number of carbonyl (C=O) groups is 1. The fourth-order valence-electron chi connectivity index (χ4n) is 3.66. The average Bonchev–Trinajstić information content (AvgIpc) is 3.03. The van der Waals surface area contributed by atoms with E-state index in [1.807, 2.05) is 36.9 Å². The monoisotopic (exact) mass is 339 g/mol. The summed E-state index contributed by atoms with van der Waals surface area (Å²) in [6.07, 6.45) is 1.97. The second-order valence-corrected chi connectivity index (χ2v) is 6.81. The van der Waals surface area contributed by atoms with Crippen LogP contribution >= 0.6 is 0 Å². The fourth-order valence-corrected chi connectivity index (χ4v) is 3.66. The highest BCUT2D eigenvalue weighted by Gasteiger charge is 2.30. The number of aromatic amines is 1. The number of likely N-dealkylation sites (tertiary alicyclic amines) is 1. The van der Waals surface area contributed by atoms with Gasteiger partial charge in [0.25, 0.3) is 5.56 Å². The summed E-state index contributed by atoms with van der Waals surface area (Å²) in [5.41, 5.74) is 4.63. The topological polar surface area (TPSA) is 65.2 Å². The molecule has 5 nitrogen and oxygen atoms in total. The highest BCUT2D eigenvalue weighted by molar-refractivity contribution is 5.75. The third-order valence-corrected chi connectivity index (χ3v) is 4.97. The maximum atomic E-state index is 12.7. The summed E-state index contributed by atoms with van der Waals surface area (Å²) < 4.78 is 0. The number of benzene rings is 1. The Morgan fingerprint density at radius 3 is 2.72 bits per heavy atom. The summed E-state index contributed by atoms with van der Waals surface area (Å²) in [6, 6.07) is 10.1. The highest BCUT2D eigenvalue weighted by Crippen LogP contribution is 2.33. The number of nitrogens with zero attached hydrogens (tertiary/aromatic N) is 1. The van der Waals surface area contributed by atoms with Gasteiger partial charge in [0.05, 0.1) is 12.6 Å². The second kappa shape index (κ2) is 7.13. The van der Waals surface area contributed by atoms with Crippen LogP contribution in [0.1, 0.15) is 46.8 Å². The van der Waals surface area contributed by atoms with Crippen LogP contribution in [0.15, 0.2) is 35.1 Å². The van der Waals surface area contributed by atoms with Gasteiger partial charge in [-0.1, -0.05) is 24.3 Å². The molecule has 1 atom stereocenters. The van der Waals surface area contributed by atoms with Crippen LogP contribution in [0.5, 0.6) is 0 Å².